The number of pyridine rings is 1. The lowest BCUT2D eigenvalue weighted by Crippen LogP contribution is -2.27. The van der Waals surface area contributed by atoms with Gasteiger partial charge in [-0.3, -0.25) is 4.57 Å². The van der Waals surface area contributed by atoms with Gasteiger partial charge in [-0.15, -0.1) is 0 Å². The van der Waals surface area contributed by atoms with E-state index >= 15 is 0 Å². The first-order valence-corrected chi connectivity index (χ1v) is 19.2. The van der Waals surface area contributed by atoms with Gasteiger partial charge >= 0.3 is 0 Å². The average molecular weight is 710 g/mol. The summed E-state index contributed by atoms with van der Waals surface area (Å²) in [5, 5.41) is 2.41. The summed E-state index contributed by atoms with van der Waals surface area (Å²) in [4.78, 5) is 10.2. The van der Waals surface area contributed by atoms with Crippen molar-refractivity contribution in [2.75, 3.05) is 0 Å². The van der Waals surface area contributed by atoms with Crippen molar-refractivity contribution in [2.24, 2.45) is 4.99 Å². The SMILES string of the molecule is Cc1cc2c(cc1Oc1cc(C3=N[C@H](c4ccccc4)[C@@H](c4ccccc4)O3)cc(C(C)C)c1)-n1c3ncccc3c3cc(C(C)(C)C)cc(c31)C2(C)C. The van der Waals surface area contributed by atoms with Gasteiger partial charge in [-0.05, 0) is 99.7 Å². The van der Waals surface area contributed by atoms with E-state index in [0.717, 1.165) is 50.7 Å². The average Bonchev–Trinajstić information content (AvgIpc) is 3.76. The highest BCUT2D eigenvalue weighted by molar-refractivity contribution is 6.10. The minimum Gasteiger partial charge on any atom is -0.467 e. The molecule has 2 aliphatic heterocycles. The molecule has 5 aromatic carbocycles. The number of aryl methyl sites for hydroxylation is 1. The fraction of sp³-hybridized carbons (Fsp3) is 0.265. The molecule has 0 spiro atoms. The Balaban J connectivity index is 1.16. The molecule has 0 aliphatic carbocycles. The summed E-state index contributed by atoms with van der Waals surface area (Å²) in [7, 11) is 0. The van der Waals surface area contributed by atoms with Crippen LogP contribution in [0.2, 0.25) is 0 Å². The third-order valence-electron chi connectivity index (χ3n) is 11.5. The number of hydrogen-bond donors (Lipinski definition) is 0. The molecular weight excluding hydrogens is 663 g/mol. The van der Waals surface area contributed by atoms with Crippen molar-refractivity contribution in [3.05, 3.63) is 166 Å². The summed E-state index contributed by atoms with van der Waals surface area (Å²) in [6.45, 7) is 18.2. The number of aliphatic imine (C=N–C) groups is 1. The second-order valence-corrected chi connectivity index (χ2v) is 16.9. The molecular formula is C49H47N3O2. The van der Waals surface area contributed by atoms with E-state index in [1.807, 2.05) is 24.4 Å². The first kappa shape index (κ1) is 34.1. The van der Waals surface area contributed by atoms with Crippen molar-refractivity contribution in [2.45, 2.75) is 84.3 Å². The maximum Gasteiger partial charge on any atom is 0.217 e. The van der Waals surface area contributed by atoms with Crippen LogP contribution in [-0.2, 0) is 15.6 Å². The maximum atomic E-state index is 6.95. The largest absolute Gasteiger partial charge is 0.467 e. The number of nitrogens with zero attached hydrogens (tertiary/aromatic N) is 3. The molecule has 270 valence electrons. The molecule has 0 bridgehead atoms. The molecule has 54 heavy (non-hydrogen) atoms. The molecule has 0 saturated carbocycles. The van der Waals surface area contributed by atoms with Crippen LogP contribution in [0.15, 0.2) is 126 Å². The van der Waals surface area contributed by atoms with Gasteiger partial charge in [0.2, 0.25) is 5.90 Å². The lowest BCUT2D eigenvalue weighted by atomic mass is 9.72. The Kier molecular flexibility index (Phi) is 7.86. The van der Waals surface area contributed by atoms with E-state index in [2.05, 4.69) is 157 Å². The third kappa shape index (κ3) is 5.52. The Bertz CT molecular complexity index is 2610. The van der Waals surface area contributed by atoms with E-state index < -0.39 is 0 Å². The predicted octanol–water partition coefficient (Wildman–Crippen LogP) is 12.6. The lowest BCUT2D eigenvalue weighted by molar-refractivity contribution is 0.197. The zero-order chi connectivity index (χ0) is 37.5. The molecule has 0 N–H and O–H groups in total. The summed E-state index contributed by atoms with van der Waals surface area (Å²) >= 11 is 0. The van der Waals surface area contributed by atoms with Crippen LogP contribution in [0.3, 0.4) is 0 Å². The molecule has 0 saturated heterocycles. The van der Waals surface area contributed by atoms with Gasteiger partial charge in [0, 0.05) is 34.0 Å². The zero-order valence-electron chi connectivity index (χ0n) is 32.4. The molecule has 2 aromatic heterocycles. The van der Waals surface area contributed by atoms with Crippen LogP contribution < -0.4 is 4.74 Å². The molecule has 2 atom stereocenters. The quantitative estimate of drug-likeness (QED) is 0.173. The first-order chi connectivity index (χ1) is 25.9. The highest BCUT2D eigenvalue weighted by Crippen LogP contribution is 2.50. The Hall–Kier alpha value is -5.68. The van der Waals surface area contributed by atoms with Crippen LogP contribution in [0.1, 0.15) is 111 Å². The molecule has 7 aromatic rings. The first-order valence-electron chi connectivity index (χ1n) is 19.2. The highest BCUT2D eigenvalue weighted by Gasteiger charge is 2.38. The maximum absolute atomic E-state index is 6.95. The number of hydrogen-bond acceptors (Lipinski definition) is 4. The lowest BCUT2D eigenvalue weighted by Gasteiger charge is -2.36. The topological polar surface area (TPSA) is 48.6 Å². The normalized spacial score (nSPS) is 17.5. The molecule has 0 unspecified atom stereocenters. The van der Waals surface area contributed by atoms with Crippen LogP contribution in [0.5, 0.6) is 11.5 Å². The van der Waals surface area contributed by atoms with Gasteiger partial charge in [0.05, 0.1) is 11.2 Å². The smallest absolute Gasteiger partial charge is 0.217 e. The minimum atomic E-state index is -0.240. The van der Waals surface area contributed by atoms with Crippen LogP contribution in [0.4, 0.5) is 0 Å². The molecule has 0 fully saturated rings. The van der Waals surface area contributed by atoms with E-state index in [-0.39, 0.29) is 28.9 Å². The fourth-order valence-electron chi connectivity index (χ4n) is 8.34. The molecule has 5 heteroatoms. The van der Waals surface area contributed by atoms with Gasteiger partial charge < -0.3 is 9.47 Å². The molecule has 2 aliphatic rings. The summed E-state index contributed by atoms with van der Waals surface area (Å²) in [5.41, 5.74) is 12.4. The molecule has 0 radical (unpaired) electrons. The zero-order valence-corrected chi connectivity index (χ0v) is 32.4. The summed E-state index contributed by atoms with van der Waals surface area (Å²) in [6.07, 6.45) is 1.67. The second-order valence-electron chi connectivity index (χ2n) is 16.9. The van der Waals surface area contributed by atoms with E-state index in [1.165, 1.54) is 33.0 Å². The summed E-state index contributed by atoms with van der Waals surface area (Å²) < 4.78 is 16.1. The second kappa shape index (κ2) is 12.4. The Morgan fingerprint density at radius 3 is 2.20 bits per heavy atom. The van der Waals surface area contributed by atoms with Gasteiger partial charge in [0.15, 0.2) is 6.10 Å². The monoisotopic (exact) mass is 709 g/mol. The molecule has 9 rings (SSSR count). The van der Waals surface area contributed by atoms with Gasteiger partial charge in [0.1, 0.15) is 23.2 Å². The van der Waals surface area contributed by atoms with E-state index in [4.69, 9.17) is 19.5 Å². The van der Waals surface area contributed by atoms with Crippen molar-refractivity contribution in [3.63, 3.8) is 0 Å². The van der Waals surface area contributed by atoms with E-state index in [1.54, 1.807) is 0 Å². The Labute approximate surface area is 318 Å². The Morgan fingerprint density at radius 1 is 0.778 bits per heavy atom. The van der Waals surface area contributed by atoms with Crippen molar-refractivity contribution in [1.29, 1.82) is 0 Å². The van der Waals surface area contributed by atoms with Crippen molar-refractivity contribution < 1.29 is 9.47 Å². The third-order valence-corrected chi connectivity index (χ3v) is 11.5. The number of aromatic nitrogens is 2. The van der Waals surface area contributed by atoms with Gasteiger partial charge in [0.25, 0.3) is 0 Å². The molecule has 0 amide bonds. The fourth-order valence-corrected chi connectivity index (χ4v) is 8.34. The van der Waals surface area contributed by atoms with Gasteiger partial charge in [-0.2, -0.15) is 0 Å². The van der Waals surface area contributed by atoms with Crippen molar-refractivity contribution >= 4 is 27.8 Å². The summed E-state index contributed by atoms with van der Waals surface area (Å²) in [6, 6.07) is 40.7. The minimum absolute atomic E-state index is 0.00862. The van der Waals surface area contributed by atoms with Gasteiger partial charge in [-0.25, -0.2) is 9.98 Å². The number of fused-ring (bicyclic) bond motifs is 5. The van der Waals surface area contributed by atoms with Crippen LogP contribution in [0, 0.1) is 6.92 Å². The van der Waals surface area contributed by atoms with Crippen LogP contribution in [-0.4, -0.2) is 15.4 Å². The van der Waals surface area contributed by atoms with Gasteiger partial charge in [-0.1, -0.05) is 115 Å². The molecule has 4 heterocycles. The van der Waals surface area contributed by atoms with E-state index in [9.17, 15) is 0 Å². The summed E-state index contributed by atoms with van der Waals surface area (Å²) in [5.74, 6) is 2.48. The van der Waals surface area contributed by atoms with Crippen LogP contribution >= 0.6 is 0 Å². The van der Waals surface area contributed by atoms with E-state index in [0.29, 0.717) is 5.90 Å². The molecule has 5 nitrogen and oxygen atoms in total. The predicted molar refractivity (Wildman–Crippen MR) is 221 cm³/mol. The highest BCUT2D eigenvalue weighted by atomic mass is 16.5. The standard InChI is InChI=1S/C49H47N3O2/c1-29(2)33-23-34(47-51-43(31-16-11-9-12-17-31)45(54-47)32-18-13-10-14-19-32)25-36(24-33)53-42-28-41-39(22-30(42)3)49(7,8)40-27-35(48(4,5)6)26-38-37-20-15-21-50-46(37)52(41)44(38)40/h9-29,43,45H,1-8H3/t43-,45-/m1/s1. The van der Waals surface area contributed by atoms with Crippen molar-refractivity contribution in [1.82, 2.24) is 9.55 Å². The number of rotatable bonds is 6. The Morgan fingerprint density at radius 2 is 1.50 bits per heavy atom. The van der Waals surface area contributed by atoms with Crippen molar-refractivity contribution in [3.8, 4) is 17.2 Å². The number of benzene rings is 5. The van der Waals surface area contributed by atoms with Crippen LogP contribution in [0.25, 0.3) is 27.6 Å². The number of ether oxygens (including phenoxy) is 2.